The van der Waals surface area contributed by atoms with Crippen LogP contribution in [0.25, 0.3) is 0 Å². The summed E-state index contributed by atoms with van der Waals surface area (Å²) in [5.74, 6) is 0.821. The molecule has 0 atom stereocenters. The molecule has 0 radical (unpaired) electrons. The van der Waals surface area contributed by atoms with Crippen LogP contribution < -0.4 is 10.1 Å². The van der Waals surface area contributed by atoms with E-state index in [-0.39, 0.29) is 12.0 Å². The van der Waals surface area contributed by atoms with Gasteiger partial charge in [-0.25, -0.2) is 0 Å². The molecule has 1 amide bonds. The molecule has 0 aliphatic heterocycles. The summed E-state index contributed by atoms with van der Waals surface area (Å²) in [6.07, 6.45) is 4.51. The SMILES string of the molecule is CC(C)Oc1ccc(NC(=O)CCn2cccc2)cc1. The Bertz CT molecular complexity index is 530. The molecular formula is C16H20N2O2. The molecular weight excluding hydrogens is 252 g/mol. The van der Waals surface area contributed by atoms with Gasteiger partial charge in [0.2, 0.25) is 5.91 Å². The minimum Gasteiger partial charge on any atom is -0.491 e. The highest BCUT2D eigenvalue weighted by Gasteiger charge is 2.03. The number of benzene rings is 1. The third-order valence-corrected chi connectivity index (χ3v) is 2.77. The maximum atomic E-state index is 11.8. The third-order valence-electron chi connectivity index (χ3n) is 2.77. The van der Waals surface area contributed by atoms with E-state index in [1.807, 2.05) is 67.2 Å². The van der Waals surface area contributed by atoms with E-state index in [0.717, 1.165) is 11.4 Å². The van der Waals surface area contributed by atoms with E-state index < -0.39 is 0 Å². The number of anilines is 1. The average molecular weight is 272 g/mol. The van der Waals surface area contributed by atoms with Crippen LogP contribution in [0.1, 0.15) is 20.3 Å². The van der Waals surface area contributed by atoms with Gasteiger partial charge in [-0.15, -0.1) is 0 Å². The zero-order chi connectivity index (χ0) is 14.4. The second-order valence-corrected chi connectivity index (χ2v) is 4.91. The van der Waals surface area contributed by atoms with Gasteiger partial charge in [-0.1, -0.05) is 0 Å². The molecule has 4 heteroatoms. The van der Waals surface area contributed by atoms with Gasteiger partial charge in [0.25, 0.3) is 0 Å². The van der Waals surface area contributed by atoms with E-state index in [0.29, 0.717) is 13.0 Å². The monoisotopic (exact) mass is 272 g/mol. The summed E-state index contributed by atoms with van der Waals surface area (Å²) >= 11 is 0. The molecule has 1 N–H and O–H groups in total. The van der Waals surface area contributed by atoms with E-state index in [1.165, 1.54) is 0 Å². The van der Waals surface area contributed by atoms with Crippen molar-refractivity contribution in [3.8, 4) is 5.75 Å². The van der Waals surface area contributed by atoms with Crippen molar-refractivity contribution in [2.75, 3.05) is 5.32 Å². The second kappa shape index (κ2) is 6.80. The fraction of sp³-hybridized carbons (Fsp3) is 0.312. The second-order valence-electron chi connectivity index (χ2n) is 4.91. The smallest absolute Gasteiger partial charge is 0.226 e. The van der Waals surface area contributed by atoms with Gasteiger partial charge in [-0.3, -0.25) is 4.79 Å². The summed E-state index contributed by atoms with van der Waals surface area (Å²) in [5, 5.41) is 2.88. The van der Waals surface area contributed by atoms with Crippen LogP contribution in [-0.2, 0) is 11.3 Å². The zero-order valence-corrected chi connectivity index (χ0v) is 11.9. The predicted molar refractivity (Wildman–Crippen MR) is 79.9 cm³/mol. The number of amides is 1. The van der Waals surface area contributed by atoms with Crippen LogP contribution in [0.4, 0.5) is 5.69 Å². The molecule has 2 rings (SSSR count). The van der Waals surface area contributed by atoms with Gasteiger partial charge in [0.15, 0.2) is 0 Å². The van der Waals surface area contributed by atoms with Crippen molar-refractivity contribution in [1.82, 2.24) is 4.57 Å². The molecule has 1 heterocycles. The van der Waals surface area contributed by atoms with Crippen molar-refractivity contribution in [2.45, 2.75) is 32.9 Å². The first-order valence-corrected chi connectivity index (χ1v) is 6.81. The van der Waals surface area contributed by atoms with Gasteiger partial charge < -0.3 is 14.6 Å². The Morgan fingerprint density at radius 3 is 2.45 bits per heavy atom. The Morgan fingerprint density at radius 1 is 1.20 bits per heavy atom. The topological polar surface area (TPSA) is 43.3 Å². The number of hydrogen-bond acceptors (Lipinski definition) is 2. The molecule has 0 spiro atoms. The van der Waals surface area contributed by atoms with Crippen molar-refractivity contribution >= 4 is 11.6 Å². The van der Waals surface area contributed by atoms with Crippen molar-refractivity contribution in [2.24, 2.45) is 0 Å². The normalized spacial score (nSPS) is 10.6. The lowest BCUT2D eigenvalue weighted by Crippen LogP contribution is -2.14. The first-order valence-electron chi connectivity index (χ1n) is 6.81. The van der Waals surface area contributed by atoms with Crippen LogP contribution in [0.5, 0.6) is 5.75 Å². The Hall–Kier alpha value is -2.23. The highest BCUT2D eigenvalue weighted by molar-refractivity contribution is 5.90. The first-order chi connectivity index (χ1) is 9.63. The summed E-state index contributed by atoms with van der Waals surface area (Å²) in [5.41, 5.74) is 0.790. The van der Waals surface area contributed by atoms with Crippen molar-refractivity contribution in [3.05, 3.63) is 48.8 Å². The minimum absolute atomic E-state index is 0.0104. The number of aromatic nitrogens is 1. The molecule has 1 aromatic carbocycles. The van der Waals surface area contributed by atoms with Crippen molar-refractivity contribution in [3.63, 3.8) is 0 Å². The predicted octanol–water partition coefficient (Wildman–Crippen LogP) is 3.30. The number of ether oxygens (including phenoxy) is 1. The standard InChI is InChI=1S/C16H20N2O2/c1-13(2)20-15-7-5-14(6-8-15)17-16(19)9-12-18-10-3-4-11-18/h3-8,10-11,13H,9,12H2,1-2H3,(H,17,19). The highest BCUT2D eigenvalue weighted by Crippen LogP contribution is 2.17. The summed E-state index contributed by atoms with van der Waals surface area (Å²) in [4.78, 5) is 11.8. The number of rotatable bonds is 6. The van der Waals surface area contributed by atoms with Crippen molar-refractivity contribution < 1.29 is 9.53 Å². The van der Waals surface area contributed by atoms with Crippen LogP contribution in [-0.4, -0.2) is 16.6 Å². The van der Waals surface area contributed by atoms with Crippen LogP contribution in [0.3, 0.4) is 0 Å². The molecule has 0 saturated carbocycles. The van der Waals surface area contributed by atoms with Gasteiger partial charge in [0.05, 0.1) is 6.10 Å². The highest BCUT2D eigenvalue weighted by atomic mass is 16.5. The van der Waals surface area contributed by atoms with Gasteiger partial charge in [-0.05, 0) is 50.2 Å². The fourth-order valence-corrected chi connectivity index (χ4v) is 1.86. The molecule has 1 aromatic heterocycles. The third kappa shape index (κ3) is 4.46. The fourth-order valence-electron chi connectivity index (χ4n) is 1.86. The first kappa shape index (κ1) is 14.2. The number of aryl methyl sites for hydroxylation is 1. The van der Waals surface area contributed by atoms with Gasteiger partial charge in [0, 0.05) is 31.0 Å². The molecule has 106 valence electrons. The molecule has 0 aliphatic rings. The maximum absolute atomic E-state index is 11.8. The molecule has 0 bridgehead atoms. The summed E-state index contributed by atoms with van der Waals surface area (Å²) in [6, 6.07) is 11.3. The Labute approximate surface area is 119 Å². The number of hydrogen-bond donors (Lipinski definition) is 1. The van der Waals surface area contributed by atoms with Crippen molar-refractivity contribution in [1.29, 1.82) is 0 Å². The van der Waals surface area contributed by atoms with Crippen LogP contribution in [0, 0.1) is 0 Å². The average Bonchev–Trinajstić information content (AvgIpc) is 2.91. The molecule has 0 unspecified atom stereocenters. The largest absolute Gasteiger partial charge is 0.491 e. The molecule has 4 nitrogen and oxygen atoms in total. The molecule has 2 aromatic rings. The Kier molecular flexibility index (Phi) is 4.82. The summed E-state index contributed by atoms with van der Waals surface area (Å²) in [6.45, 7) is 4.65. The number of nitrogens with zero attached hydrogens (tertiary/aromatic N) is 1. The van der Waals surface area contributed by atoms with Crippen LogP contribution >= 0.6 is 0 Å². The Balaban J connectivity index is 1.81. The zero-order valence-electron chi connectivity index (χ0n) is 11.9. The van der Waals surface area contributed by atoms with E-state index >= 15 is 0 Å². The van der Waals surface area contributed by atoms with E-state index in [9.17, 15) is 4.79 Å². The minimum atomic E-state index is 0.0104. The van der Waals surface area contributed by atoms with E-state index in [2.05, 4.69) is 5.32 Å². The maximum Gasteiger partial charge on any atom is 0.226 e. The number of carbonyl (C=O) groups is 1. The van der Waals surface area contributed by atoms with Gasteiger partial charge in [-0.2, -0.15) is 0 Å². The summed E-state index contributed by atoms with van der Waals surface area (Å²) < 4.78 is 7.54. The molecule has 20 heavy (non-hydrogen) atoms. The number of carbonyl (C=O) groups excluding carboxylic acids is 1. The molecule has 0 saturated heterocycles. The quantitative estimate of drug-likeness (QED) is 0.876. The van der Waals surface area contributed by atoms with Gasteiger partial charge >= 0.3 is 0 Å². The van der Waals surface area contributed by atoms with Crippen LogP contribution in [0.15, 0.2) is 48.8 Å². The van der Waals surface area contributed by atoms with E-state index in [4.69, 9.17) is 4.74 Å². The van der Waals surface area contributed by atoms with E-state index in [1.54, 1.807) is 0 Å². The Morgan fingerprint density at radius 2 is 1.85 bits per heavy atom. The molecule has 0 fully saturated rings. The van der Waals surface area contributed by atoms with Gasteiger partial charge in [0.1, 0.15) is 5.75 Å². The lowest BCUT2D eigenvalue weighted by Gasteiger charge is -2.10. The summed E-state index contributed by atoms with van der Waals surface area (Å²) in [7, 11) is 0. The number of nitrogens with one attached hydrogen (secondary N) is 1. The lowest BCUT2D eigenvalue weighted by atomic mass is 10.3. The van der Waals surface area contributed by atoms with Crippen LogP contribution in [0.2, 0.25) is 0 Å². The molecule has 0 aliphatic carbocycles. The lowest BCUT2D eigenvalue weighted by molar-refractivity contribution is -0.116.